The van der Waals surface area contributed by atoms with Crippen LogP contribution in [-0.4, -0.2) is 157 Å². The van der Waals surface area contributed by atoms with Crippen LogP contribution < -0.4 is 33.0 Å². The molecule has 0 spiro atoms. The van der Waals surface area contributed by atoms with E-state index in [1.54, 1.807) is 0 Å². The van der Waals surface area contributed by atoms with Crippen LogP contribution in [0.4, 0.5) is 14.4 Å². The van der Waals surface area contributed by atoms with Gasteiger partial charge in [-0.1, -0.05) is 104 Å². The minimum absolute atomic E-state index is 0.0196. The van der Waals surface area contributed by atoms with Crippen molar-refractivity contribution >= 4 is 30.2 Å². The SMILES string of the molecule is CCCCCCC(C)(C)C(=O)OCC(CN1CC1C)OC(=O)NCCCCCCn1c(=O)n(CCCCCCNC(=O)OCCOC)c(=O)n(CCCCCCNC(=O)OC(COC(=O)C(C)(C)CCCCCC)CN2CC2C)c1=O. The summed E-state index contributed by atoms with van der Waals surface area (Å²) in [6.45, 7) is 20.6. The highest BCUT2D eigenvalue weighted by Gasteiger charge is 2.36. The van der Waals surface area contributed by atoms with Gasteiger partial charge in [-0.15, -0.1) is 0 Å². The molecule has 0 saturated carbocycles. The van der Waals surface area contributed by atoms with Gasteiger partial charge in [0, 0.05) is 84.6 Å². The minimum Gasteiger partial charge on any atom is -0.461 e. The smallest absolute Gasteiger partial charge is 0.407 e. The number of unbranched alkanes of at least 4 members (excludes halogenated alkanes) is 15. The third-order valence-electron chi connectivity index (χ3n) is 15.3. The van der Waals surface area contributed by atoms with Gasteiger partial charge in [0.05, 0.1) is 17.4 Å². The van der Waals surface area contributed by atoms with E-state index >= 15 is 0 Å². The Labute approximate surface area is 482 Å². The first-order valence-corrected chi connectivity index (χ1v) is 30.8. The zero-order valence-electron chi connectivity index (χ0n) is 51.2. The second-order valence-corrected chi connectivity index (χ2v) is 23.7. The van der Waals surface area contributed by atoms with Crippen LogP contribution in [0.25, 0.3) is 0 Å². The van der Waals surface area contributed by atoms with Crippen molar-refractivity contribution in [1.82, 2.24) is 39.5 Å². The molecule has 6 atom stereocenters. The number of hydrogen-bond donors (Lipinski definition) is 3. The lowest BCUT2D eigenvalue weighted by Gasteiger charge is -2.25. The number of alkyl carbamates (subject to hydrolysis) is 3. The molecule has 22 nitrogen and oxygen atoms in total. The first-order valence-electron chi connectivity index (χ1n) is 30.8. The molecule has 3 heterocycles. The van der Waals surface area contributed by atoms with Gasteiger partial charge in [-0.3, -0.25) is 19.4 Å². The normalized spacial score (nSPS) is 17.4. The molecule has 0 aliphatic carbocycles. The maximum atomic E-state index is 13.9. The number of aromatic nitrogens is 3. The lowest BCUT2D eigenvalue weighted by Crippen LogP contribution is -2.54. The molecule has 0 aromatic carbocycles. The summed E-state index contributed by atoms with van der Waals surface area (Å²) in [5.41, 5.74) is -3.21. The highest BCUT2D eigenvalue weighted by atomic mass is 16.6. The van der Waals surface area contributed by atoms with Gasteiger partial charge in [0.2, 0.25) is 0 Å². The molecule has 0 radical (unpaired) electrons. The molecule has 3 rings (SSSR count). The fourth-order valence-corrected chi connectivity index (χ4v) is 9.51. The van der Waals surface area contributed by atoms with Gasteiger partial charge in [0.25, 0.3) is 0 Å². The fraction of sp³-hybridized carbons (Fsp3) is 0.864. The Hall–Kier alpha value is -4.96. The molecule has 3 amide bonds. The van der Waals surface area contributed by atoms with Crippen LogP contribution >= 0.6 is 0 Å². The predicted octanol–water partition coefficient (Wildman–Crippen LogP) is 7.90. The number of nitrogens with zero attached hydrogens (tertiary/aromatic N) is 5. The van der Waals surface area contributed by atoms with Gasteiger partial charge in [-0.2, -0.15) is 0 Å². The third kappa shape index (κ3) is 28.7. The number of carbonyl (C=O) groups excluding carboxylic acids is 5. The standard InChI is InChI=1S/C59H106N8O14/c1-10-12-14-22-30-58(5,6)50(68)78-44-48(42-63-40-46(63)3)80-53(71)61-33-25-17-20-28-36-66-55(73)65(35-27-19-16-24-32-60-52(70)77-39-38-76-9)56(74)67(57(66)75)37-29-21-18-26-34-62-54(72)81-49(43-64-41-47(64)4)45-79-51(69)59(7,8)31-23-15-13-11-2/h46-49H,10-45H2,1-9H3,(H,60,70)(H,61,71)(H,62,72). The van der Waals surface area contributed by atoms with E-state index in [9.17, 15) is 38.4 Å². The summed E-state index contributed by atoms with van der Waals surface area (Å²) in [4.78, 5) is 109. The van der Waals surface area contributed by atoms with Gasteiger partial charge >= 0.3 is 47.3 Å². The minimum atomic E-state index is -0.654. The molecule has 22 heteroatoms. The van der Waals surface area contributed by atoms with Crippen molar-refractivity contribution < 1.29 is 52.4 Å². The second-order valence-electron chi connectivity index (χ2n) is 23.7. The molecule has 2 aliphatic rings. The van der Waals surface area contributed by atoms with Gasteiger partial charge in [-0.05, 0) is 92.9 Å². The van der Waals surface area contributed by atoms with Crippen molar-refractivity contribution in [3.63, 3.8) is 0 Å². The summed E-state index contributed by atoms with van der Waals surface area (Å²) in [5, 5.41) is 8.32. The van der Waals surface area contributed by atoms with E-state index in [-0.39, 0.29) is 51.4 Å². The van der Waals surface area contributed by atoms with Crippen molar-refractivity contribution in [2.24, 2.45) is 10.8 Å². The van der Waals surface area contributed by atoms with E-state index in [0.29, 0.717) is 122 Å². The molecule has 466 valence electrons. The molecule has 1 aromatic rings. The Kier molecular flexibility index (Phi) is 33.6. The Bertz CT molecular complexity index is 2070. The van der Waals surface area contributed by atoms with E-state index in [1.165, 1.54) is 7.11 Å². The summed E-state index contributed by atoms with van der Waals surface area (Å²) < 4.78 is 36.2. The Morgan fingerprint density at radius 1 is 0.481 bits per heavy atom. The highest BCUT2D eigenvalue weighted by Crippen LogP contribution is 2.28. The number of nitrogens with one attached hydrogen (secondary N) is 3. The monoisotopic (exact) mass is 1150 g/mol. The largest absolute Gasteiger partial charge is 0.461 e. The predicted molar refractivity (Wildman–Crippen MR) is 311 cm³/mol. The second kappa shape index (κ2) is 38.7. The molecule has 1 aromatic heterocycles. The van der Waals surface area contributed by atoms with Crippen molar-refractivity contribution in [2.45, 2.75) is 241 Å². The first kappa shape index (κ1) is 70.3. The maximum Gasteiger partial charge on any atom is 0.407 e. The molecular formula is C59H106N8O14. The number of hydrogen-bond acceptors (Lipinski definition) is 16. The quantitative estimate of drug-likeness (QED) is 0.0243. The summed E-state index contributed by atoms with van der Waals surface area (Å²) >= 11 is 0. The molecule has 6 unspecified atom stereocenters. The zero-order valence-corrected chi connectivity index (χ0v) is 51.2. The van der Waals surface area contributed by atoms with Crippen molar-refractivity contribution in [2.75, 3.05) is 79.4 Å². The van der Waals surface area contributed by atoms with Crippen molar-refractivity contribution in [1.29, 1.82) is 0 Å². The Morgan fingerprint density at radius 3 is 1.15 bits per heavy atom. The van der Waals surface area contributed by atoms with Crippen LogP contribution in [-0.2, 0) is 57.6 Å². The number of methoxy groups -OCH3 is 1. The average Bonchev–Trinajstić information content (AvgIpc) is 4.34. The summed E-state index contributed by atoms with van der Waals surface area (Å²) in [6.07, 6.45) is 14.6. The molecule has 2 fully saturated rings. The van der Waals surface area contributed by atoms with E-state index in [1.807, 2.05) is 27.7 Å². The molecular weight excluding hydrogens is 1040 g/mol. The average molecular weight is 1150 g/mol. The van der Waals surface area contributed by atoms with Crippen LogP contribution in [0.1, 0.15) is 197 Å². The topological polar surface area (TPSA) is 249 Å². The maximum absolute atomic E-state index is 13.9. The number of ether oxygens (including phenoxy) is 6. The third-order valence-corrected chi connectivity index (χ3v) is 15.3. The summed E-state index contributed by atoms with van der Waals surface area (Å²) in [5.74, 6) is -0.593. The molecule has 2 aliphatic heterocycles. The zero-order chi connectivity index (χ0) is 59.6. The molecule has 0 bridgehead atoms. The van der Waals surface area contributed by atoms with Crippen LogP contribution in [0, 0.1) is 10.8 Å². The van der Waals surface area contributed by atoms with Gasteiger partial charge in [0.15, 0.2) is 12.2 Å². The van der Waals surface area contributed by atoms with Crippen LogP contribution in [0.3, 0.4) is 0 Å². The lowest BCUT2D eigenvalue weighted by molar-refractivity contribution is -0.158. The molecule has 2 saturated heterocycles. The Balaban J connectivity index is 1.51. The van der Waals surface area contributed by atoms with E-state index < -0.39 is 58.4 Å². The molecule has 3 N–H and O–H groups in total. The van der Waals surface area contributed by atoms with Crippen molar-refractivity contribution in [3.05, 3.63) is 31.5 Å². The highest BCUT2D eigenvalue weighted by molar-refractivity contribution is 5.76. The van der Waals surface area contributed by atoms with Gasteiger partial charge < -0.3 is 44.4 Å². The van der Waals surface area contributed by atoms with Crippen LogP contribution in [0.15, 0.2) is 14.4 Å². The fourth-order valence-electron chi connectivity index (χ4n) is 9.51. The molecule has 81 heavy (non-hydrogen) atoms. The van der Waals surface area contributed by atoms with Gasteiger partial charge in [-0.25, -0.2) is 42.5 Å². The summed E-state index contributed by atoms with van der Waals surface area (Å²) in [6, 6.07) is 0.756. The Morgan fingerprint density at radius 2 is 0.815 bits per heavy atom. The number of carbonyl (C=O) groups is 5. The number of rotatable bonds is 46. The van der Waals surface area contributed by atoms with Gasteiger partial charge in [0.1, 0.15) is 19.8 Å². The number of amides is 3. The first-order chi connectivity index (χ1) is 38.7. The summed E-state index contributed by atoms with van der Waals surface area (Å²) in [7, 11) is 1.52. The van der Waals surface area contributed by atoms with Crippen molar-refractivity contribution in [3.8, 4) is 0 Å². The lowest BCUT2D eigenvalue weighted by atomic mass is 9.87. The van der Waals surface area contributed by atoms with Crippen LogP contribution in [0.5, 0.6) is 0 Å². The van der Waals surface area contributed by atoms with E-state index in [0.717, 1.165) is 97.4 Å². The van der Waals surface area contributed by atoms with E-state index in [4.69, 9.17) is 28.4 Å². The van der Waals surface area contributed by atoms with E-state index in [2.05, 4.69) is 53.4 Å². The number of esters is 2. The van der Waals surface area contributed by atoms with Crippen LogP contribution in [0.2, 0.25) is 0 Å².